The summed E-state index contributed by atoms with van der Waals surface area (Å²) in [6.45, 7) is -4.32. The lowest BCUT2D eigenvalue weighted by Gasteiger charge is -2.37. The van der Waals surface area contributed by atoms with E-state index in [1.165, 1.54) is 12.1 Å². The molecule has 0 aliphatic carbocycles. The Hall–Kier alpha value is -5.26. The summed E-state index contributed by atoms with van der Waals surface area (Å²) in [6, 6.07) is 9.83. The molecule has 17 nitrogen and oxygen atoms in total. The molecule has 0 spiro atoms. The maximum Gasteiger partial charge on any atom is 0.128 e. The predicted octanol–water partition coefficient (Wildman–Crippen LogP) is -7.66. The first-order valence-electron chi connectivity index (χ1n) is 14.0. The molecule has 0 fully saturated rings. The minimum atomic E-state index is -1.72. The molecule has 0 aromatic heterocycles. The van der Waals surface area contributed by atoms with Crippen molar-refractivity contribution in [1.29, 1.82) is 0 Å². The molecule has 1 atom stereocenters. The largest absolute Gasteiger partial charge is 0.549 e. The van der Waals surface area contributed by atoms with Crippen molar-refractivity contribution in [2.24, 2.45) is 0 Å². The van der Waals surface area contributed by atoms with Gasteiger partial charge in [0.1, 0.15) is 24.7 Å². The lowest BCUT2D eigenvalue weighted by atomic mass is 10.1. The minimum Gasteiger partial charge on any atom is -0.549 e. The van der Waals surface area contributed by atoms with Gasteiger partial charge in [-0.2, -0.15) is 0 Å². The van der Waals surface area contributed by atoms with Gasteiger partial charge in [-0.25, -0.2) is 0 Å². The molecule has 0 aliphatic heterocycles. The van der Waals surface area contributed by atoms with E-state index < -0.39 is 93.3 Å². The van der Waals surface area contributed by atoms with E-state index in [2.05, 4.69) is 0 Å². The fourth-order valence-corrected chi connectivity index (χ4v) is 4.42. The molecular weight excluding hydrogens is 626 g/mol. The van der Waals surface area contributed by atoms with Crippen LogP contribution in [0.25, 0.3) is 0 Å². The molecule has 2 aromatic carbocycles. The third-order valence-electron chi connectivity index (χ3n) is 6.57. The zero-order chi connectivity index (χ0) is 35.1. The average Bonchev–Trinajstić information content (AvgIpc) is 2.96. The van der Waals surface area contributed by atoms with Crippen LogP contribution in [0.5, 0.6) is 11.5 Å². The van der Waals surface area contributed by atoms with Crippen LogP contribution >= 0.6 is 0 Å². The summed E-state index contributed by atoms with van der Waals surface area (Å²) in [5, 5.41) is 68.4. The van der Waals surface area contributed by atoms with E-state index in [0.717, 1.165) is 31.9 Å². The van der Waals surface area contributed by atoms with E-state index in [0.29, 0.717) is 0 Å². The Morgan fingerprint density at radius 2 is 1.17 bits per heavy atom. The van der Waals surface area contributed by atoms with E-state index in [1.807, 2.05) is 31.2 Å². The van der Waals surface area contributed by atoms with Gasteiger partial charge >= 0.3 is 0 Å². The minimum absolute atomic E-state index is 0.105. The molecule has 47 heavy (non-hydrogen) atoms. The second kappa shape index (κ2) is 18.6. The van der Waals surface area contributed by atoms with Crippen molar-refractivity contribution in [1.82, 2.24) is 14.7 Å². The topological polar surface area (TPSA) is 269 Å². The van der Waals surface area contributed by atoms with Gasteiger partial charge in [0.15, 0.2) is 0 Å². The highest BCUT2D eigenvalue weighted by Crippen LogP contribution is 2.25. The molecule has 1 unspecified atom stereocenters. The van der Waals surface area contributed by atoms with Crippen molar-refractivity contribution in [2.45, 2.75) is 19.6 Å². The predicted molar refractivity (Wildman–Crippen MR) is 145 cm³/mol. The van der Waals surface area contributed by atoms with Crippen LogP contribution in [-0.4, -0.2) is 116 Å². The van der Waals surface area contributed by atoms with Gasteiger partial charge < -0.3 is 68.9 Å². The number of carboxylic acid groups (broad SMARTS) is 6. The molecular formula is C30H31N3O14-6. The van der Waals surface area contributed by atoms with Crippen molar-refractivity contribution in [3.05, 3.63) is 59.2 Å². The van der Waals surface area contributed by atoms with Crippen LogP contribution in [0, 0.1) is 6.92 Å². The number of aliphatic carboxylic acids is 5. The Morgan fingerprint density at radius 1 is 0.660 bits per heavy atom. The molecule has 17 heteroatoms. The van der Waals surface area contributed by atoms with E-state index in [1.54, 1.807) is 0 Å². The van der Waals surface area contributed by atoms with Gasteiger partial charge in [-0.05, 0) is 30.7 Å². The number of carbonyl (C=O) groups is 6. The van der Waals surface area contributed by atoms with Crippen molar-refractivity contribution in [2.75, 3.05) is 59.0 Å². The molecule has 0 amide bonds. The highest BCUT2D eigenvalue weighted by Gasteiger charge is 2.24. The first-order valence-corrected chi connectivity index (χ1v) is 14.0. The number of nitrogens with zero attached hydrogens (tertiary/aromatic N) is 3. The Balaban J connectivity index is 2.33. The van der Waals surface area contributed by atoms with Gasteiger partial charge in [0.2, 0.25) is 0 Å². The van der Waals surface area contributed by atoms with Gasteiger partial charge in [0.25, 0.3) is 0 Å². The molecule has 2 aromatic rings. The summed E-state index contributed by atoms with van der Waals surface area (Å²) >= 11 is 0. The van der Waals surface area contributed by atoms with Gasteiger partial charge in [-0.3, -0.25) is 14.7 Å². The highest BCUT2D eigenvalue weighted by atomic mass is 16.5. The molecule has 2 rings (SSSR count). The Kier molecular flexibility index (Phi) is 15.0. The number of benzene rings is 2. The van der Waals surface area contributed by atoms with Crippen LogP contribution in [0.2, 0.25) is 0 Å². The Labute approximate surface area is 268 Å². The Morgan fingerprint density at radius 3 is 1.68 bits per heavy atom. The molecule has 0 bridgehead atoms. The van der Waals surface area contributed by atoms with Crippen LogP contribution < -0.4 is 40.1 Å². The quantitative estimate of drug-likeness (QED) is 0.107. The Bertz CT molecular complexity index is 1380. The van der Waals surface area contributed by atoms with Gasteiger partial charge in [0.05, 0.1) is 41.9 Å². The summed E-state index contributed by atoms with van der Waals surface area (Å²) in [4.78, 5) is 71.2. The summed E-state index contributed by atoms with van der Waals surface area (Å²) in [5.74, 6) is -10.1. The van der Waals surface area contributed by atoms with E-state index in [9.17, 15) is 59.4 Å². The van der Waals surface area contributed by atoms with E-state index in [-0.39, 0.29) is 31.2 Å². The second-order valence-corrected chi connectivity index (χ2v) is 10.4. The van der Waals surface area contributed by atoms with Gasteiger partial charge in [-0.15, -0.1) is 0 Å². The van der Waals surface area contributed by atoms with Crippen molar-refractivity contribution >= 4 is 35.8 Å². The van der Waals surface area contributed by atoms with Crippen LogP contribution in [-0.2, 0) is 30.6 Å². The number of rotatable bonds is 23. The molecule has 0 saturated heterocycles. The standard InChI is InChI=1S/C30H37N3O14/c1-19-2-4-20(5-3-19)17-46-22-6-7-24(23(10-22)30(44)45)47-18-21(33(15-28(40)41)16-29(42)43)11-31(12-25(34)35)8-9-32(13-26(36)37)14-27(38)39/h2-7,10,21H,8-9,11-18H2,1H3,(H,34,35)(H,36,37)(H,38,39)(H,40,41)(H,42,43)(H,44,45)/p-6. The maximum absolute atomic E-state index is 11.9. The smallest absolute Gasteiger partial charge is 0.128 e. The number of carboxylic acids is 6. The van der Waals surface area contributed by atoms with Gasteiger partial charge in [-0.1, -0.05) is 29.8 Å². The third-order valence-corrected chi connectivity index (χ3v) is 6.57. The normalized spacial score (nSPS) is 11.7. The highest BCUT2D eigenvalue weighted by molar-refractivity contribution is 5.89. The lowest BCUT2D eigenvalue weighted by Crippen LogP contribution is -2.56. The fraction of sp³-hybridized carbons (Fsp3) is 0.400. The molecule has 0 radical (unpaired) electrons. The van der Waals surface area contributed by atoms with Crippen LogP contribution in [0.3, 0.4) is 0 Å². The van der Waals surface area contributed by atoms with Crippen LogP contribution in [0.1, 0.15) is 21.5 Å². The number of ether oxygens (including phenoxy) is 2. The number of hydrogen-bond acceptors (Lipinski definition) is 17. The number of hydrogen-bond donors (Lipinski definition) is 0. The summed E-state index contributed by atoms with van der Waals surface area (Å²) < 4.78 is 11.3. The fourth-order valence-electron chi connectivity index (χ4n) is 4.42. The molecule has 256 valence electrons. The first-order chi connectivity index (χ1) is 22.1. The first kappa shape index (κ1) is 37.9. The van der Waals surface area contributed by atoms with Crippen molar-refractivity contribution in [3.63, 3.8) is 0 Å². The summed E-state index contributed by atoms with van der Waals surface area (Å²) in [6.07, 6.45) is 0. The molecule has 0 saturated carbocycles. The zero-order valence-electron chi connectivity index (χ0n) is 25.2. The third kappa shape index (κ3) is 14.6. The van der Waals surface area contributed by atoms with Crippen molar-refractivity contribution < 1.29 is 68.9 Å². The van der Waals surface area contributed by atoms with Crippen LogP contribution in [0.15, 0.2) is 42.5 Å². The summed E-state index contributed by atoms with van der Waals surface area (Å²) in [5.41, 5.74) is 1.36. The number of aryl methyl sites for hydroxylation is 1. The van der Waals surface area contributed by atoms with E-state index >= 15 is 0 Å². The SMILES string of the molecule is Cc1ccc(COc2ccc(OCC(CN(CCN(CC(=O)[O-])CC(=O)[O-])CC(=O)[O-])N(CC(=O)[O-])CC(=O)[O-])c(C(=O)[O-])c2)cc1. The zero-order valence-corrected chi connectivity index (χ0v) is 25.2. The lowest BCUT2D eigenvalue weighted by molar-refractivity contribution is -0.313. The number of aromatic carboxylic acids is 1. The number of carbonyl (C=O) groups excluding carboxylic acids is 6. The maximum atomic E-state index is 11.9. The second-order valence-electron chi connectivity index (χ2n) is 10.4. The van der Waals surface area contributed by atoms with Gasteiger partial charge in [0, 0.05) is 57.9 Å². The molecule has 0 heterocycles. The summed E-state index contributed by atoms with van der Waals surface area (Å²) in [7, 11) is 0. The molecule has 0 aliphatic rings. The molecule has 0 N–H and O–H groups in total. The van der Waals surface area contributed by atoms with Crippen LogP contribution in [0.4, 0.5) is 0 Å². The van der Waals surface area contributed by atoms with Crippen molar-refractivity contribution in [3.8, 4) is 11.5 Å². The average molecular weight is 658 g/mol. The van der Waals surface area contributed by atoms with E-state index in [4.69, 9.17) is 9.47 Å². The monoisotopic (exact) mass is 657 g/mol.